The molecule has 0 fully saturated rings. The number of halogens is 2. The molecule has 2 rings (SSSR count). The maximum absolute atomic E-state index is 13.8. The van der Waals surface area contributed by atoms with Crippen LogP contribution in [-0.2, 0) is 11.3 Å². The number of rotatable bonds is 7. The lowest BCUT2D eigenvalue weighted by Gasteiger charge is -2.23. The molecule has 0 aliphatic carbocycles. The van der Waals surface area contributed by atoms with E-state index in [0.29, 0.717) is 11.6 Å². The first-order valence-corrected chi connectivity index (χ1v) is 7.97. The second kappa shape index (κ2) is 9.37. The van der Waals surface area contributed by atoms with Gasteiger partial charge in [0.25, 0.3) is 5.69 Å². The summed E-state index contributed by atoms with van der Waals surface area (Å²) < 4.78 is 26.7. The van der Waals surface area contributed by atoms with Crippen LogP contribution in [-0.4, -0.2) is 33.5 Å². The molecule has 0 aromatic heterocycles. The number of carbonyl (C=O) groups excluding carboxylic acids is 2. The SMILES string of the molecule is O=C(CCN(Cc1ccc([N+](=O)[O-])cc1)C(=O)Nc1ccc(F)cc1F)NO. The minimum atomic E-state index is -0.975. The number of urea groups is 1. The second-order valence-electron chi connectivity index (χ2n) is 5.68. The minimum Gasteiger partial charge on any atom is -0.320 e. The summed E-state index contributed by atoms with van der Waals surface area (Å²) in [4.78, 5) is 35.0. The van der Waals surface area contributed by atoms with Crippen molar-refractivity contribution < 1.29 is 28.5 Å². The monoisotopic (exact) mass is 394 g/mol. The standard InChI is InChI=1S/C17H16F2N4O5/c18-12-3-6-15(14(19)9-12)20-17(25)22(8-7-16(24)21-26)10-11-1-4-13(5-2-11)23(27)28/h1-6,9,26H,7-8,10H2,(H,20,25)(H,21,24). The van der Waals surface area contributed by atoms with Crippen LogP contribution in [0.1, 0.15) is 12.0 Å². The fraction of sp³-hybridized carbons (Fsp3) is 0.176. The van der Waals surface area contributed by atoms with E-state index >= 15 is 0 Å². The van der Waals surface area contributed by atoms with Gasteiger partial charge >= 0.3 is 6.03 Å². The van der Waals surface area contributed by atoms with Gasteiger partial charge in [0.05, 0.1) is 10.6 Å². The van der Waals surface area contributed by atoms with E-state index in [1.165, 1.54) is 29.7 Å². The summed E-state index contributed by atoms with van der Waals surface area (Å²) in [5.41, 5.74) is 1.56. The highest BCUT2D eigenvalue weighted by atomic mass is 19.1. The molecule has 3 N–H and O–H groups in total. The average molecular weight is 394 g/mol. The third kappa shape index (κ3) is 5.71. The molecule has 9 nitrogen and oxygen atoms in total. The summed E-state index contributed by atoms with van der Waals surface area (Å²) in [7, 11) is 0. The van der Waals surface area contributed by atoms with Crippen molar-refractivity contribution in [3.63, 3.8) is 0 Å². The molecule has 2 aromatic rings. The Hall–Kier alpha value is -3.60. The van der Waals surface area contributed by atoms with E-state index in [1.807, 2.05) is 0 Å². The molecule has 148 valence electrons. The Kier molecular flexibility index (Phi) is 6.93. The molecular formula is C17H16F2N4O5. The Morgan fingerprint density at radius 1 is 1.14 bits per heavy atom. The van der Waals surface area contributed by atoms with Gasteiger partial charge in [-0.25, -0.2) is 19.1 Å². The summed E-state index contributed by atoms with van der Waals surface area (Å²) in [6.45, 7) is -0.191. The van der Waals surface area contributed by atoms with Crippen molar-refractivity contribution in [1.29, 1.82) is 0 Å². The van der Waals surface area contributed by atoms with Gasteiger partial charge < -0.3 is 10.2 Å². The number of non-ortho nitro benzene ring substituents is 1. The smallest absolute Gasteiger partial charge is 0.320 e. The highest BCUT2D eigenvalue weighted by molar-refractivity contribution is 5.89. The van der Waals surface area contributed by atoms with Crippen LogP contribution in [0.2, 0.25) is 0 Å². The van der Waals surface area contributed by atoms with Gasteiger partial charge in [-0.15, -0.1) is 0 Å². The molecule has 2 aromatic carbocycles. The molecule has 0 saturated heterocycles. The first-order chi connectivity index (χ1) is 13.3. The number of hydroxylamine groups is 1. The van der Waals surface area contributed by atoms with Crippen molar-refractivity contribution in [2.75, 3.05) is 11.9 Å². The van der Waals surface area contributed by atoms with Gasteiger partial charge in [0.2, 0.25) is 5.91 Å². The van der Waals surface area contributed by atoms with Gasteiger partial charge in [0, 0.05) is 37.7 Å². The Bertz CT molecular complexity index is 876. The van der Waals surface area contributed by atoms with Crippen molar-refractivity contribution in [2.45, 2.75) is 13.0 Å². The lowest BCUT2D eigenvalue weighted by Crippen LogP contribution is -2.37. The molecule has 0 aliphatic rings. The van der Waals surface area contributed by atoms with Gasteiger partial charge in [-0.3, -0.25) is 20.1 Å². The molecule has 0 unspecified atom stereocenters. The van der Waals surface area contributed by atoms with Gasteiger partial charge in [0.15, 0.2) is 0 Å². The van der Waals surface area contributed by atoms with Crippen molar-refractivity contribution in [3.05, 3.63) is 69.8 Å². The highest BCUT2D eigenvalue weighted by Gasteiger charge is 2.18. The zero-order valence-electron chi connectivity index (χ0n) is 14.4. The van der Waals surface area contributed by atoms with Gasteiger partial charge in [-0.1, -0.05) is 12.1 Å². The van der Waals surface area contributed by atoms with Gasteiger partial charge in [0.1, 0.15) is 11.6 Å². The summed E-state index contributed by atoms with van der Waals surface area (Å²) in [5, 5.41) is 21.6. The van der Waals surface area contributed by atoms with E-state index in [9.17, 15) is 28.5 Å². The number of amides is 3. The number of nitro groups is 1. The van der Waals surface area contributed by atoms with Gasteiger partial charge in [-0.2, -0.15) is 0 Å². The molecule has 0 spiro atoms. The first kappa shape index (κ1) is 20.7. The Balaban J connectivity index is 2.16. The van der Waals surface area contributed by atoms with Crippen LogP contribution < -0.4 is 10.8 Å². The topological polar surface area (TPSA) is 125 Å². The second-order valence-corrected chi connectivity index (χ2v) is 5.68. The normalized spacial score (nSPS) is 10.2. The number of nitrogens with one attached hydrogen (secondary N) is 2. The maximum atomic E-state index is 13.8. The van der Waals surface area contributed by atoms with Crippen LogP contribution in [0.3, 0.4) is 0 Å². The third-order valence-electron chi connectivity index (χ3n) is 3.71. The number of anilines is 1. The van der Waals surface area contributed by atoms with Crippen molar-refractivity contribution >= 4 is 23.3 Å². The molecule has 0 bridgehead atoms. The van der Waals surface area contributed by atoms with E-state index in [0.717, 1.165) is 17.0 Å². The average Bonchev–Trinajstić information content (AvgIpc) is 2.67. The third-order valence-corrected chi connectivity index (χ3v) is 3.71. The Morgan fingerprint density at radius 2 is 1.82 bits per heavy atom. The molecule has 0 radical (unpaired) electrons. The first-order valence-electron chi connectivity index (χ1n) is 7.97. The lowest BCUT2D eigenvalue weighted by molar-refractivity contribution is -0.384. The Labute approximate surface area is 157 Å². The lowest BCUT2D eigenvalue weighted by atomic mass is 10.2. The number of benzene rings is 2. The van der Waals surface area contributed by atoms with Crippen LogP contribution in [0.4, 0.5) is 25.0 Å². The number of hydrogen-bond acceptors (Lipinski definition) is 5. The van der Waals surface area contributed by atoms with Crippen molar-refractivity contribution in [3.8, 4) is 0 Å². The van der Waals surface area contributed by atoms with Crippen LogP contribution in [0.5, 0.6) is 0 Å². The molecule has 0 saturated carbocycles. The fourth-order valence-electron chi connectivity index (χ4n) is 2.27. The summed E-state index contributed by atoms with van der Waals surface area (Å²) in [5.74, 6) is -2.52. The van der Waals surface area contributed by atoms with E-state index in [2.05, 4.69) is 5.32 Å². The maximum Gasteiger partial charge on any atom is 0.322 e. The molecule has 0 aliphatic heterocycles. The Morgan fingerprint density at radius 3 is 2.39 bits per heavy atom. The summed E-state index contributed by atoms with van der Waals surface area (Å²) in [6.07, 6.45) is -0.247. The molecular weight excluding hydrogens is 378 g/mol. The van der Waals surface area contributed by atoms with Crippen LogP contribution in [0.25, 0.3) is 0 Å². The zero-order chi connectivity index (χ0) is 20.7. The molecule has 0 heterocycles. The van der Waals surface area contributed by atoms with E-state index in [1.54, 1.807) is 0 Å². The number of nitrogens with zero attached hydrogens (tertiary/aromatic N) is 2. The number of nitro benzene ring substituents is 1. The highest BCUT2D eigenvalue weighted by Crippen LogP contribution is 2.17. The predicted octanol–water partition coefficient (Wildman–Crippen LogP) is 2.80. The van der Waals surface area contributed by atoms with E-state index in [-0.39, 0.29) is 30.9 Å². The molecule has 3 amide bonds. The quantitative estimate of drug-likeness (QED) is 0.378. The van der Waals surface area contributed by atoms with Crippen molar-refractivity contribution in [2.24, 2.45) is 0 Å². The molecule has 28 heavy (non-hydrogen) atoms. The largest absolute Gasteiger partial charge is 0.322 e. The fourth-order valence-corrected chi connectivity index (χ4v) is 2.27. The zero-order valence-corrected chi connectivity index (χ0v) is 14.4. The number of hydrogen-bond donors (Lipinski definition) is 3. The van der Waals surface area contributed by atoms with Crippen LogP contribution in [0.15, 0.2) is 42.5 Å². The van der Waals surface area contributed by atoms with E-state index < -0.39 is 28.5 Å². The van der Waals surface area contributed by atoms with Crippen LogP contribution >= 0.6 is 0 Å². The number of carbonyl (C=O) groups is 2. The molecule has 0 atom stereocenters. The van der Waals surface area contributed by atoms with E-state index in [4.69, 9.17) is 5.21 Å². The van der Waals surface area contributed by atoms with Gasteiger partial charge in [-0.05, 0) is 17.7 Å². The minimum absolute atomic E-state index is 0.0502. The van der Waals surface area contributed by atoms with Crippen molar-refractivity contribution in [1.82, 2.24) is 10.4 Å². The predicted molar refractivity (Wildman–Crippen MR) is 93.4 cm³/mol. The summed E-state index contributed by atoms with van der Waals surface area (Å²) >= 11 is 0. The van der Waals surface area contributed by atoms with Crippen LogP contribution in [0, 0.1) is 21.7 Å². The summed E-state index contributed by atoms with van der Waals surface area (Å²) in [6, 6.07) is 7.22. The molecule has 11 heteroatoms.